The predicted molar refractivity (Wildman–Crippen MR) is 77.1 cm³/mol. The van der Waals surface area contributed by atoms with Gasteiger partial charge in [0, 0.05) is 12.2 Å². The molecule has 1 amide bonds. The van der Waals surface area contributed by atoms with Crippen LogP contribution in [0.1, 0.15) is 59.4 Å². The average Bonchev–Trinajstić information content (AvgIpc) is 3.27. The number of carbonyl (C=O) groups is 2. The lowest BCUT2D eigenvalue weighted by molar-refractivity contribution is 0.0696. The summed E-state index contributed by atoms with van der Waals surface area (Å²) in [5, 5.41) is 11.9. The van der Waals surface area contributed by atoms with Gasteiger partial charge >= 0.3 is 5.97 Å². The van der Waals surface area contributed by atoms with E-state index in [1.54, 1.807) is 0 Å². The molecule has 5 nitrogen and oxygen atoms in total. The van der Waals surface area contributed by atoms with Gasteiger partial charge in [-0.25, -0.2) is 4.79 Å². The number of pyridine rings is 1. The van der Waals surface area contributed by atoms with E-state index in [0.29, 0.717) is 5.92 Å². The van der Waals surface area contributed by atoms with Crippen molar-refractivity contribution in [3.63, 3.8) is 0 Å². The summed E-state index contributed by atoms with van der Waals surface area (Å²) in [7, 11) is 0. The standard InChI is InChI=1S/C16H20N2O3/c19-15(14-8-11(16(20)21)6-7-17-14)18-13-9-12(13)10-4-2-1-3-5-10/h6-8,10,12-13H,1-5,9H2,(H,18,19)(H,20,21). The third kappa shape index (κ3) is 3.23. The highest BCUT2D eigenvalue weighted by molar-refractivity contribution is 5.96. The molecule has 0 aliphatic heterocycles. The van der Waals surface area contributed by atoms with Gasteiger partial charge in [-0.1, -0.05) is 32.1 Å². The number of carboxylic acids is 1. The molecule has 2 saturated carbocycles. The second-order valence-corrected chi connectivity index (χ2v) is 6.11. The van der Waals surface area contributed by atoms with Crippen molar-refractivity contribution >= 4 is 11.9 Å². The molecular weight excluding hydrogens is 268 g/mol. The molecule has 1 heterocycles. The Morgan fingerprint density at radius 2 is 2.00 bits per heavy atom. The third-order valence-electron chi connectivity index (χ3n) is 4.65. The Kier molecular flexibility index (Phi) is 3.90. The quantitative estimate of drug-likeness (QED) is 0.892. The number of nitrogens with zero attached hydrogens (tertiary/aromatic N) is 1. The molecule has 0 saturated heterocycles. The zero-order valence-corrected chi connectivity index (χ0v) is 11.9. The van der Waals surface area contributed by atoms with E-state index in [1.165, 1.54) is 50.4 Å². The first-order valence-electron chi connectivity index (χ1n) is 7.65. The summed E-state index contributed by atoms with van der Waals surface area (Å²) in [5.74, 6) is 0.0543. The van der Waals surface area contributed by atoms with Crippen molar-refractivity contribution in [3.8, 4) is 0 Å². The molecule has 1 aromatic rings. The van der Waals surface area contributed by atoms with Crippen molar-refractivity contribution in [3.05, 3.63) is 29.6 Å². The molecule has 2 atom stereocenters. The van der Waals surface area contributed by atoms with Crippen LogP contribution >= 0.6 is 0 Å². The first-order valence-corrected chi connectivity index (χ1v) is 7.65. The molecule has 2 unspecified atom stereocenters. The van der Waals surface area contributed by atoms with E-state index in [0.717, 1.165) is 12.3 Å². The maximum atomic E-state index is 12.1. The molecule has 21 heavy (non-hydrogen) atoms. The molecule has 0 aromatic carbocycles. The Labute approximate surface area is 123 Å². The fraction of sp³-hybridized carbons (Fsp3) is 0.562. The van der Waals surface area contributed by atoms with Crippen LogP contribution < -0.4 is 5.32 Å². The molecule has 0 radical (unpaired) electrons. The second-order valence-electron chi connectivity index (χ2n) is 6.11. The summed E-state index contributed by atoms with van der Waals surface area (Å²) in [4.78, 5) is 27.0. The molecular formula is C16H20N2O3. The highest BCUT2D eigenvalue weighted by Gasteiger charge is 2.43. The number of hydrogen-bond acceptors (Lipinski definition) is 3. The molecule has 5 heteroatoms. The Morgan fingerprint density at radius 3 is 2.71 bits per heavy atom. The van der Waals surface area contributed by atoms with Crippen molar-refractivity contribution in [2.75, 3.05) is 0 Å². The molecule has 0 spiro atoms. The summed E-state index contributed by atoms with van der Waals surface area (Å²) in [6.45, 7) is 0. The number of aromatic nitrogens is 1. The topological polar surface area (TPSA) is 79.3 Å². The maximum absolute atomic E-state index is 12.1. The molecule has 2 aliphatic carbocycles. The van der Waals surface area contributed by atoms with E-state index in [1.807, 2.05) is 0 Å². The van der Waals surface area contributed by atoms with Gasteiger partial charge in [-0.3, -0.25) is 9.78 Å². The van der Waals surface area contributed by atoms with Gasteiger partial charge in [0.2, 0.25) is 0 Å². The zero-order valence-electron chi connectivity index (χ0n) is 11.9. The molecule has 0 bridgehead atoms. The Morgan fingerprint density at radius 1 is 1.24 bits per heavy atom. The van der Waals surface area contributed by atoms with E-state index in [2.05, 4.69) is 10.3 Å². The highest BCUT2D eigenvalue weighted by atomic mass is 16.4. The molecule has 3 rings (SSSR count). The molecule has 2 fully saturated rings. The van der Waals surface area contributed by atoms with E-state index in [4.69, 9.17) is 5.11 Å². The van der Waals surface area contributed by atoms with Crippen LogP contribution in [0, 0.1) is 11.8 Å². The monoisotopic (exact) mass is 288 g/mol. The van der Waals surface area contributed by atoms with Crippen LogP contribution in [0.25, 0.3) is 0 Å². The first-order chi connectivity index (χ1) is 10.1. The molecule has 2 aliphatic rings. The number of aromatic carboxylic acids is 1. The van der Waals surface area contributed by atoms with Crippen LogP contribution in [0.3, 0.4) is 0 Å². The van der Waals surface area contributed by atoms with Gasteiger partial charge in [0.25, 0.3) is 5.91 Å². The fourth-order valence-electron chi connectivity index (χ4n) is 3.39. The van der Waals surface area contributed by atoms with Gasteiger partial charge in [0.15, 0.2) is 0 Å². The number of hydrogen-bond donors (Lipinski definition) is 2. The van der Waals surface area contributed by atoms with Gasteiger partial charge in [-0.15, -0.1) is 0 Å². The van der Waals surface area contributed by atoms with Crippen molar-refractivity contribution in [2.24, 2.45) is 11.8 Å². The van der Waals surface area contributed by atoms with Crippen LogP contribution in [-0.2, 0) is 0 Å². The van der Waals surface area contributed by atoms with Gasteiger partial charge in [-0.2, -0.15) is 0 Å². The second kappa shape index (κ2) is 5.84. The third-order valence-corrected chi connectivity index (χ3v) is 4.65. The summed E-state index contributed by atoms with van der Waals surface area (Å²) < 4.78 is 0. The van der Waals surface area contributed by atoms with Gasteiger partial charge < -0.3 is 10.4 Å². The summed E-state index contributed by atoms with van der Waals surface area (Å²) in [6.07, 6.45) is 8.94. The Bertz CT molecular complexity index is 552. The molecule has 112 valence electrons. The van der Waals surface area contributed by atoms with Gasteiger partial charge in [-0.05, 0) is 30.4 Å². The van der Waals surface area contributed by atoms with Crippen LogP contribution in [0.5, 0.6) is 0 Å². The van der Waals surface area contributed by atoms with Crippen LogP contribution in [0.4, 0.5) is 0 Å². The summed E-state index contributed by atoms with van der Waals surface area (Å²) in [5.41, 5.74) is 0.277. The fourth-order valence-corrected chi connectivity index (χ4v) is 3.39. The number of amides is 1. The minimum atomic E-state index is -1.04. The summed E-state index contributed by atoms with van der Waals surface area (Å²) in [6, 6.07) is 2.97. The Balaban J connectivity index is 1.57. The maximum Gasteiger partial charge on any atom is 0.335 e. The SMILES string of the molecule is O=C(O)c1ccnc(C(=O)NC2CC2C2CCCCC2)c1. The lowest BCUT2D eigenvalue weighted by Gasteiger charge is -2.21. The van der Waals surface area contributed by atoms with Crippen LogP contribution in [0.15, 0.2) is 18.3 Å². The van der Waals surface area contributed by atoms with E-state index in [-0.39, 0.29) is 23.2 Å². The normalized spacial score (nSPS) is 25.3. The number of nitrogens with one attached hydrogen (secondary N) is 1. The van der Waals surface area contributed by atoms with Crippen LogP contribution in [0.2, 0.25) is 0 Å². The largest absolute Gasteiger partial charge is 0.478 e. The lowest BCUT2D eigenvalue weighted by atomic mass is 9.85. The predicted octanol–water partition coefficient (Wildman–Crippen LogP) is 2.48. The smallest absolute Gasteiger partial charge is 0.335 e. The van der Waals surface area contributed by atoms with E-state index < -0.39 is 5.97 Å². The Hall–Kier alpha value is -1.91. The first kappa shape index (κ1) is 14.0. The van der Waals surface area contributed by atoms with E-state index in [9.17, 15) is 9.59 Å². The number of carboxylic acid groups (broad SMARTS) is 1. The molecule has 2 N–H and O–H groups in total. The number of carbonyl (C=O) groups excluding carboxylic acids is 1. The van der Waals surface area contributed by atoms with Crippen molar-refractivity contribution in [1.29, 1.82) is 0 Å². The average molecular weight is 288 g/mol. The summed E-state index contributed by atoms with van der Waals surface area (Å²) >= 11 is 0. The van der Waals surface area contributed by atoms with Crippen molar-refractivity contribution in [2.45, 2.75) is 44.6 Å². The van der Waals surface area contributed by atoms with Crippen molar-refractivity contribution < 1.29 is 14.7 Å². The zero-order chi connectivity index (χ0) is 14.8. The van der Waals surface area contributed by atoms with Gasteiger partial charge in [0.1, 0.15) is 5.69 Å². The minimum Gasteiger partial charge on any atom is -0.478 e. The van der Waals surface area contributed by atoms with Gasteiger partial charge in [0.05, 0.1) is 5.56 Å². The highest BCUT2D eigenvalue weighted by Crippen LogP contribution is 2.44. The molecule has 1 aromatic heterocycles. The van der Waals surface area contributed by atoms with Crippen LogP contribution in [-0.4, -0.2) is 28.0 Å². The minimum absolute atomic E-state index is 0.0924. The van der Waals surface area contributed by atoms with E-state index >= 15 is 0 Å². The lowest BCUT2D eigenvalue weighted by Crippen LogP contribution is -2.29. The van der Waals surface area contributed by atoms with Crippen molar-refractivity contribution in [1.82, 2.24) is 10.3 Å². The number of rotatable bonds is 4.